The Kier molecular flexibility index (Phi) is 7.39. The smallest absolute Gasteiger partial charge is 0.189 e. The van der Waals surface area contributed by atoms with Crippen molar-refractivity contribution in [1.29, 1.82) is 0 Å². The van der Waals surface area contributed by atoms with Crippen LogP contribution in [0, 0.1) is 0 Å². The number of hydrogen-bond acceptors (Lipinski definition) is 4. The van der Waals surface area contributed by atoms with Gasteiger partial charge in [0.05, 0.1) is 26.9 Å². The lowest BCUT2D eigenvalue weighted by molar-refractivity contribution is 0.179. The van der Waals surface area contributed by atoms with Crippen molar-refractivity contribution in [2.24, 2.45) is 10.7 Å². The number of nitrogens with zero attached hydrogens (tertiary/aromatic N) is 1. The molecule has 21 heavy (non-hydrogen) atoms. The molecule has 0 saturated carbocycles. The van der Waals surface area contributed by atoms with Crippen LogP contribution >= 0.6 is 0 Å². The zero-order valence-electron chi connectivity index (χ0n) is 13.2. The number of hydrogen-bond donors (Lipinski definition) is 2. The van der Waals surface area contributed by atoms with Gasteiger partial charge in [0, 0.05) is 13.2 Å². The standard InChI is InChI=1S/C15H25N3O3/c1-5-21-13-7-6-12(8-14(13)20-4)9-17-15(16)18-11(2)10-19-3/h6-8,11H,5,9-10H2,1-4H3,(H3,16,17,18). The molecule has 0 heterocycles. The first-order valence-electron chi connectivity index (χ1n) is 6.95. The molecule has 118 valence electrons. The highest BCUT2D eigenvalue weighted by Crippen LogP contribution is 2.28. The van der Waals surface area contributed by atoms with Crippen LogP contribution in [-0.2, 0) is 11.3 Å². The molecule has 0 amide bonds. The molecule has 0 aliphatic heterocycles. The van der Waals surface area contributed by atoms with Crippen molar-refractivity contribution >= 4 is 5.96 Å². The number of rotatable bonds is 8. The summed E-state index contributed by atoms with van der Waals surface area (Å²) < 4.78 is 15.8. The number of nitrogens with one attached hydrogen (secondary N) is 1. The summed E-state index contributed by atoms with van der Waals surface area (Å²) in [6, 6.07) is 5.85. The predicted octanol–water partition coefficient (Wildman–Crippen LogP) is 1.53. The lowest BCUT2D eigenvalue weighted by Gasteiger charge is -2.13. The Morgan fingerprint density at radius 2 is 2.10 bits per heavy atom. The van der Waals surface area contributed by atoms with Crippen molar-refractivity contribution in [3.63, 3.8) is 0 Å². The lowest BCUT2D eigenvalue weighted by Crippen LogP contribution is -2.40. The second-order valence-electron chi connectivity index (χ2n) is 4.62. The summed E-state index contributed by atoms with van der Waals surface area (Å²) in [6.45, 7) is 5.56. The average Bonchev–Trinajstić information content (AvgIpc) is 2.46. The molecule has 0 radical (unpaired) electrons. The zero-order chi connectivity index (χ0) is 15.7. The first kappa shape index (κ1) is 17.1. The van der Waals surface area contributed by atoms with Gasteiger partial charge in [-0.25, -0.2) is 4.99 Å². The highest BCUT2D eigenvalue weighted by atomic mass is 16.5. The third-order valence-corrected chi connectivity index (χ3v) is 2.77. The molecule has 1 aromatic rings. The van der Waals surface area contributed by atoms with E-state index in [0.717, 1.165) is 11.3 Å². The molecular weight excluding hydrogens is 270 g/mol. The van der Waals surface area contributed by atoms with Crippen LogP contribution in [0.25, 0.3) is 0 Å². The number of ether oxygens (including phenoxy) is 3. The van der Waals surface area contributed by atoms with Gasteiger partial charge in [0.1, 0.15) is 0 Å². The number of nitrogens with two attached hydrogens (primary N) is 1. The van der Waals surface area contributed by atoms with E-state index in [1.54, 1.807) is 14.2 Å². The largest absolute Gasteiger partial charge is 0.493 e. The summed E-state index contributed by atoms with van der Waals surface area (Å²) in [5, 5.41) is 3.06. The molecule has 0 aliphatic carbocycles. The fourth-order valence-corrected chi connectivity index (χ4v) is 1.85. The van der Waals surface area contributed by atoms with E-state index >= 15 is 0 Å². The lowest BCUT2D eigenvalue weighted by atomic mass is 10.2. The van der Waals surface area contributed by atoms with Gasteiger partial charge in [-0.1, -0.05) is 6.07 Å². The second kappa shape index (κ2) is 9.07. The van der Waals surface area contributed by atoms with E-state index in [-0.39, 0.29) is 6.04 Å². The molecule has 0 saturated heterocycles. The molecule has 6 nitrogen and oxygen atoms in total. The molecule has 3 N–H and O–H groups in total. The van der Waals surface area contributed by atoms with Crippen LogP contribution in [0.5, 0.6) is 11.5 Å². The van der Waals surface area contributed by atoms with E-state index < -0.39 is 0 Å². The van der Waals surface area contributed by atoms with Crippen LogP contribution in [-0.4, -0.2) is 39.4 Å². The highest BCUT2D eigenvalue weighted by molar-refractivity contribution is 5.78. The number of aliphatic imine (C=N–C) groups is 1. The molecule has 1 unspecified atom stereocenters. The van der Waals surface area contributed by atoms with Gasteiger partial charge in [-0.05, 0) is 31.5 Å². The van der Waals surface area contributed by atoms with Crippen LogP contribution in [0.4, 0.5) is 0 Å². The number of guanidine groups is 1. The molecule has 0 fully saturated rings. The maximum Gasteiger partial charge on any atom is 0.189 e. The normalized spacial score (nSPS) is 12.9. The zero-order valence-corrected chi connectivity index (χ0v) is 13.2. The van der Waals surface area contributed by atoms with Gasteiger partial charge in [-0.2, -0.15) is 0 Å². The van der Waals surface area contributed by atoms with Gasteiger partial charge in [0.2, 0.25) is 0 Å². The summed E-state index contributed by atoms with van der Waals surface area (Å²) in [7, 11) is 3.27. The molecule has 1 aromatic carbocycles. The minimum Gasteiger partial charge on any atom is -0.493 e. The van der Waals surface area contributed by atoms with E-state index in [4.69, 9.17) is 19.9 Å². The van der Waals surface area contributed by atoms with E-state index in [0.29, 0.717) is 31.5 Å². The third kappa shape index (κ3) is 5.91. The summed E-state index contributed by atoms with van der Waals surface area (Å²) in [6.07, 6.45) is 0. The van der Waals surface area contributed by atoms with E-state index in [1.807, 2.05) is 32.0 Å². The summed E-state index contributed by atoms with van der Waals surface area (Å²) in [5.74, 6) is 1.82. The summed E-state index contributed by atoms with van der Waals surface area (Å²) in [4.78, 5) is 4.30. The van der Waals surface area contributed by atoms with Crippen molar-refractivity contribution in [2.45, 2.75) is 26.4 Å². The average molecular weight is 295 g/mol. The summed E-state index contributed by atoms with van der Waals surface area (Å²) >= 11 is 0. The Morgan fingerprint density at radius 3 is 2.71 bits per heavy atom. The van der Waals surface area contributed by atoms with Crippen molar-refractivity contribution in [1.82, 2.24) is 5.32 Å². The molecular formula is C15H25N3O3. The van der Waals surface area contributed by atoms with Gasteiger partial charge >= 0.3 is 0 Å². The summed E-state index contributed by atoms with van der Waals surface area (Å²) in [5.41, 5.74) is 6.83. The molecule has 1 rings (SSSR count). The quantitative estimate of drug-likeness (QED) is 0.562. The van der Waals surface area contributed by atoms with Gasteiger partial charge in [-0.15, -0.1) is 0 Å². The molecule has 0 bridgehead atoms. The van der Waals surface area contributed by atoms with Crippen LogP contribution < -0.4 is 20.5 Å². The van der Waals surface area contributed by atoms with Crippen molar-refractivity contribution in [3.05, 3.63) is 23.8 Å². The Hall–Kier alpha value is -1.95. The van der Waals surface area contributed by atoms with Crippen LogP contribution in [0.3, 0.4) is 0 Å². The Morgan fingerprint density at radius 1 is 1.33 bits per heavy atom. The van der Waals surface area contributed by atoms with Gasteiger partial charge < -0.3 is 25.3 Å². The Labute approximate surface area is 126 Å². The van der Waals surface area contributed by atoms with Crippen LogP contribution in [0.15, 0.2) is 23.2 Å². The topological polar surface area (TPSA) is 78.1 Å². The fraction of sp³-hybridized carbons (Fsp3) is 0.533. The van der Waals surface area contributed by atoms with Crippen molar-refractivity contribution in [3.8, 4) is 11.5 Å². The van der Waals surface area contributed by atoms with Crippen molar-refractivity contribution < 1.29 is 14.2 Å². The van der Waals surface area contributed by atoms with E-state index in [2.05, 4.69) is 10.3 Å². The van der Waals surface area contributed by atoms with Gasteiger partial charge in [-0.3, -0.25) is 0 Å². The Balaban J connectivity index is 2.66. The van der Waals surface area contributed by atoms with Crippen LogP contribution in [0.2, 0.25) is 0 Å². The predicted molar refractivity (Wildman–Crippen MR) is 84.0 cm³/mol. The van der Waals surface area contributed by atoms with Crippen LogP contribution in [0.1, 0.15) is 19.4 Å². The molecule has 0 aromatic heterocycles. The second-order valence-corrected chi connectivity index (χ2v) is 4.62. The van der Waals surface area contributed by atoms with Crippen molar-refractivity contribution in [2.75, 3.05) is 27.4 Å². The first-order chi connectivity index (χ1) is 10.1. The highest BCUT2D eigenvalue weighted by Gasteiger charge is 2.06. The maximum atomic E-state index is 5.83. The van der Waals surface area contributed by atoms with E-state index in [9.17, 15) is 0 Å². The molecule has 0 spiro atoms. The fourth-order valence-electron chi connectivity index (χ4n) is 1.85. The van der Waals surface area contributed by atoms with E-state index in [1.165, 1.54) is 0 Å². The minimum absolute atomic E-state index is 0.119. The first-order valence-corrected chi connectivity index (χ1v) is 6.95. The molecule has 6 heteroatoms. The monoisotopic (exact) mass is 295 g/mol. The number of methoxy groups -OCH3 is 2. The van der Waals surface area contributed by atoms with Gasteiger partial charge in [0.25, 0.3) is 0 Å². The maximum absolute atomic E-state index is 5.83. The van der Waals surface area contributed by atoms with Gasteiger partial charge in [0.15, 0.2) is 17.5 Å². The Bertz CT molecular complexity index is 463. The minimum atomic E-state index is 0.119. The SMILES string of the molecule is CCOc1ccc(CN=C(N)NC(C)COC)cc1OC. The third-order valence-electron chi connectivity index (χ3n) is 2.77. The molecule has 1 atom stereocenters. The molecule has 0 aliphatic rings. The number of benzene rings is 1.